The van der Waals surface area contributed by atoms with Crippen molar-refractivity contribution >= 4 is 11.5 Å². The van der Waals surface area contributed by atoms with Crippen molar-refractivity contribution < 1.29 is 18.7 Å². The van der Waals surface area contributed by atoms with E-state index in [1.807, 2.05) is 12.1 Å². The van der Waals surface area contributed by atoms with Crippen molar-refractivity contribution in [2.24, 2.45) is 0 Å². The largest absolute Gasteiger partial charge is 0.454 e. The van der Waals surface area contributed by atoms with Gasteiger partial charge in [0.2, 0.25) is 6.79 Å². The number of hydrogen-bond acceptors (Lipinski definition) is 4. The minimum atomic E-state index is -0.365. The van der Waals surface area contributed by atoms with Gasteiger partial charge in [-0.05, 0) is 43.3 Å². The first-order valence-electron chi connectivity index (χ1n) is 6.77. The summed E-state index contributed by atoms with van der Waals surface area (Å²) in [4.78, 5) is 12.1. The van der Waals surface area contributed by atoms with E-state index in [9.17, 15) is 9.18 Å². The fourth-order valence-corrected chi connectivity index (χ4v) is 2.13. The highest BCUT2D eigenvalue weighted by atomic mass is 19.1. The summed E-state index contributed by atoms with van der Waals surface area (Å²) in [5.41, 5.74) is 1.91. The van der Waals surface area contributed by atoms with E-state index >= 15 is 0 Å². The third kappa shape index (κ3) is 3.09. The number of anilines is 1. The van der Waals surface area contributed by atoms with Crippen LogP contribution in [0.4, 0.5) is 10.1 Å². The number of nitrogens with one attached hydrogen (secondary N) is 1. The molecular weight excluding hydrogens is 285 g/mol. The average molecular weight is 299 g/mol. The molecule has 0 saturated heterocycles. The van der Waals surface area contributed by atoms with Crippen LogP contribution in [0.1, 0.15) is 17.3 Å². The average Bonchev–Trinajstić information content (AvgIpc) is 2.95. The Labute approximate surface area is 127 Å². The zero-order valence-corrected chi connectivity index (χ0v) is 11.9. The van der Waals surface area contributed by atoms with Crippen LogP contribution in [0, 0.1) is 5.82 Å². The number of rotatable bonds is 4. The lowest BCUT2D eigenvalue weighted by atomic mass is 10.1. The zero-order valence-electron chi connectivity index (χ0n) is 11.9. The summed E-state index contributed by atoms with van der Waals surface area (Å²) in [6, 6.07) is 10.9. The molecule has 0 radical (unpaired) electrons. The number of carbonyl (C=O) groups excluding carboxylic acids is 1. The van der Waals surface area contributed by atoms with Crippen LogP contribution in [0.2, 0.25) is 0 Å². The Morgan fingerprint density at radius 2 is 1.86 bits per heavy atom. The molecule has 0 amide bonds. The van der Waals surface area contributed by atoms with Gasteiger partial charge in [-0.25, -0.2) is 4.39 Å². The topological polar surface area (TPSA) is 47.6 Å². The normalized spacial score (nSPS) is 13.1. The second kappa shape index (κ2) is 5.89. The van der Waals surface area contributed by atoms with Crippen LogP contribution in [0.25, 0.3) is 0 Å². The first-order valence-corrected chi connectivity index (χ1v) is 6.77. The van der Waals surface area contributed by atoms with E-state index in [4.69, 9.17) is 9.47 Å². The second-order valence-electron chi connectivity index (χ2n) is 4.89. The highest BCUT2D eigenvalue weighted by Gasteiger charge is 2.13. The predicted molar refractivity (Wildman–Crippen MR) is 80.7 cm³/mol. The molecule has 1 heterocycles. The van der Waals surface area contributed by atoms with E-state index in [2.05, 4.69) is 5.32 Å². The van der Waals surface area contributed by atoms with Gasteiger partial charge in [0.25, 0.3) is 0 Å². The summed E-state index contributed by atoms with van der Waals surface area (Å²) in [7, 11) is 0. The van der Waals surface area contributed by atoms with E-state index in [0.29, 0.717) is 22.8 Å². The third-order valence-corrected chi connectivity index (χ3v) is 3.19. The number of halogens is 1. The van der Waals surface area contributed by atoms with Crippen molar-refractivity contribution in [1.82, 2.24) is 0 Å². The number of benzene rings is 2. The lowest BCUT2D eigenvalue weighted by molar-refractivity contribution is 0.104. The number of allylic oxidation sites excluding steroid dienone is 2. The minimum absolute atomic E-state index is 0.189. The molecule has 2 aromatic rings. The Morgan fingerprint density at radius 1 is 1.14 bits per heavy atom. The van der Waals surface area contributed by atoms with Crippen LogP contribution < -0.4 is 14.8 Å². The molecule has 112 valence electrons. The van der Waals surface area contributed by atoms with E-state index in [1.54, 1.807) is 13.0 Å². The molecule has 0 saturated carbocycles. The minimum Gasteiger partial charge on any atom is -0.454 e. The van der Waals surface area contributed by atoms with Crippen molar-refractivity contribution in [2.45, 2.75) is 6.92 Å². The molecule has 0 spiro atoms. The summed E-state index contributed by atoms with van der Waals surface area (Å²) < 4.78 is 23.4. The molecule has 1 aliphatic heterocycles. The molecular formula is C17H14FNO3. The Bertz CT molecular complexity index is 738. The molecule has 22 heavy (non-hydrogen) atoms. The summed E-state index contributed by atoms with van der Waals surface area (Å²) >= 11 is 0. The molecule has 4 nitrogen and oxygen atoms in total. The number of fused-ring (bicyclic) bond motifs is 1. The van der Waals surface area contributed by atoms with Gasteiger partial charge in [-0.1, -0.05) is 0 Å². The van der Waals surface area contributed by atoms with E-state index in [0.717, 1.165) is 5.69 Å². The third-order valence-electron chi connectivity index (χ3n) is 3.19. The van der Waals surface area contributed by atoms with Gasteiger partial charge in [-0.15, -0.1) is 0 Å². The van der Waals surface area contributed by atoms with Crippen LogP contribution in [-0.4, -0.2) is 12.6 Å². The molecule has 3 rings (SSSR count). The van der Waals surface area contributed by atoms with Crippen molar-refractivity contribution in [3.05, 3.63) is 65.6 Å². The highest BCUT2D eigenvalue weighted by Crippen LogP contribution is 2.34. The zero-order chi connectivity index (χ0) is 15.5. The van der Waals surface area contributed by atoms with E-state index < -0.39 is 0 Å². The monoisotopic (exact) mass is 299 g/mol. The van der Waals surface area contributed by atoms with Crippen molar-refractivity contribution in [3.63, 3.8) is 0 Å². The van der Waals surface area contributed by atoms with Gasteiger partial charge in [-0.2, -0.15) is 0 Å². The van der Waals surface area contributed by atoms with Gasteiger partial charge in [0.05, 0.1) is 0 Å². The Hall–Kier alpha value is -2.82. The van der Waals surface area contributed by atoms with Crippen LogP contribution in [-0.2, 0) is 0 Å². The molecule has 0 fully saturated rings. The van der Waals surface area contributed by atoms with Crippen LogP contribution in [0.3, 0.4) is 0 Å². The number of hydrogen-bond donors (Lipinski definition) is 1. The summed E-state index contributed by atoms with van der Waals surface area (Å²) in [6.45, 7) is 2.00. The molecule has 0 aromatic heterocycles. The molecule has 0 unspecified atom stereocenters. The van der Waals surface area contributed by atoms with Crippen molar-refractivity contribution in [1.29, 1.82) is 0 Å². The SMILES string of the molecule is CC(=CC(=O)c1ccc(F)cc1)Nc1ccc2c(c1)OCO2. The summed E-state index contributed by atoms with van der Waals surface area (Å²) in [6.07, 6.45) is 1.47. The van der Waals surface area contributed by atoms with Gasteiger partial charge in [0.1, 0.15) is 5.82 Å². The predicted octanol–water partition coefficient (Wildman–Crippen LogP) is 3.75. The Kier molecular flexibility index (Phi) is 3.78. The highest BCUT2D eigenvalue weighted by molar-refractivity contribution is 6.05. The van der Waals surface area contributed by atoms with E-state index in [1.165, 1.54) is 30.3 Å². The van der Waals surface area contributed by atoms with Gasteiger partial charge in [0, 0.05) is 29.1 Å². The molecule has 0 aliphatic carbocycles. The second-order valence-corrected chi connectivity index (χ2v) is 4.89. The maximum Gasteiger partial charge on any atom is 0.231 e. The maximum atomic E-state index is 12.8. The number of carbonyl (C=O) groups is 1. The Balaban J connectivity index is 1.72. The van der Waals surface area contributed by atoms with Gasteiger partial charge in [-0.3, -0.25) is 4.79 Å². The summed E-state index contributed by atoms with van der Waals surface area (Å²) in [5.74, 6) is 0.818. The molecule has 0 atom stereocenters. The molecule has 0 bridgehead atoms. The smallest absolute Gasteiger partial charge is 0.231 e. The van der Waals surface area contributed by atoms with Gasteiger partial charge >= 0.3 is 0 Å². The lowest BCUT2D eigenvalue weighted by Gasteiger charge is -2.07. The molecule has 1 N–H and O–H groups in total. The van der Waals surface area contributed by atoms with E-state index in [-0.39, 0.29) is 18.4 Å². The number of ketones is 1. The Morgan fingerprint density at radius 3 is 2.64 bits per heavy atom. The molecule has 1 aliphatic rings. The van der Waals surface area contributed by atoms with Crippen LogP contribution in [0.15, 0.2) is 54.2 Å². The fraction of sp³-hybridized carbons (Fsp3) is 0.118. The lowest BCUT2D eigenvalue weighted by Crippen LogP contribution is -2.01. The summed E-state index contributed by atoms with van der Waals surface area (Å²) in [5, 5.41) is 3.11. The fourth-order valence-electron chi connectivity index (χ4n) is 2.13. The maximum absolute atomic E-state index is 12.8. The molecule has 5 heteroatoms. The first-order chi connectivity index (χ1) is 10.6. The number of ether oxygens (including phenoxy) is 2. The standard InChI is InChI=1S/C17H14FNO3/c1-11(8-15(20)12-2-4-13(18)5-3-12)19-14-6-7-16-17(9-14)22-10-21-16/h2-9,19H,10H2,1H3. The van der Waals surface area contributed by atoms with Gasteiger partial charge in [0.15, 0.2) is 17.3 Å². The molecule has 2 aromatic carbocycles. The van der Waals surface area contributed by atoms with Gasteiger partial charge < -0.3 is 14.8 Å². The van der Waals surface area contributed by atoms with Crippen LogP contribution >= 0.6 is 0 Å². The quantitative estimate of drug-likeness (QED) is 0.690. The van der Waals surface area contributed by atoms with Crippen LogP contribution in [0.5, 0.6) is 11.5 Å². The van der Waals surface area contributed by atoms with Crippen molar-refractivity contribution in [3.8, 4) is 11.5 Å². The van der Waals surface area contributed by atoms with Crippen molar-refractivity contribution in [2.75, 3.05) is 12.1 Å². The first kappa shape index (κ1) is 14.1.